The fourth-order valence-corrected chi connectivity index (χ4v) is 2.42. The number of carbonyl (C=O) groups is 3. The van der Waals surface area contributed by atoms with Gasteiger partial charge >= 0.3 is 11.9 Å². The molecule has 6 heteroatoms. The second-order valence-electron chi connectivity index (χ2n) is 6.11. The lowest BCUT2D eigenvalue weighted by atomic mass is 9.94. The Morgan fingerprint density at radius 3 is 1.83 bits per heavy atom. The summed E-state index contributed by atoms with van der Waals surface area (Å²) >= 11 is 0. The molecule has 0 bridgehead atoms. The first-order valence-corrected chi connectivity index (χ1v) is 8.98. The molecular weight excluding hydrogens is 370 g/mol. The van der Waals surface area contributed by atoms with Crippen molar-refractivity contribution in [1.29, 1.82) is 0 Å². The monoisotopic (exact) mass is 395 g/mol. The molecule has 0 saturated heterocycles. The fraction of sp³-hybridized carbons (Fsp3) is 0.174. The minimum atomic E-state index is -1.26. The van der Waals surface area contributed by atoms with Gasteiger partial charge in [0.1, 0.15) is 0 Å². The van der Waals surface area contributed by atoms with Crippen LogP contribution in [-0.4, -0.2) is 41.5 Å². The summed E-state index contributed by atoms with van der Waals surface area (Å²) in [4.78, 5) is 31.6. The van der Waals surface area contributed by atoms with Gasteiger partial charge in [-0.15, -0.1) is 0 Å². The second-order valence-corrected chi connectivity index (χ2v) is 6.11. The Kier molecular flexibility index (Phi) is 10.4. The largest absolute Gasteiger partial charge is 0.478 e. The SMILES string of the molecule is CNCC(=CC(=O)C(C)c1ccccc1)c1ccccc1.O=C(O)/C=C\C(=O)O. The highest BCUT2D eigenvalue weighted by Gasteiger charge is 2.14. The number of carboxylic acids is 2. The van der Waals surface area contributed by atoms with Crippen molar-refractivity contribution in [3.05, 3.63) is 90.0 Å². The molecule has 0 aliphatic heterocycles. The lowest BCUT2D eigenvalue weighted by molar-refractivity contribution is -0.134. The van der Waals surface area contributed by atoms with E-state index in [4.69, 9.17) is 10.2 Å². The normalized spacial score (nSPS) is 12.0. The molecule has 0 radical (unpaired) electrons. The van der Waals surface area contributed by atoms with Crippen LogP contribution in [0.1, 0.15) is 24.0 Å². The number of carboxylic acid groups (broad SMARTS) is 2. The van der Waals surface area contributed by atoms with E-state index in [2.05, 4.69) is 5.32 Å². The third-order valence-corrected chi connectivity index (χ3v) is 3.92. The molecule has 0 heterocycles. The van der Waals surface area contributed by atoms with Crippen LogP contribution in [0, 0.1) is 0 Å². The van der Waals surface area contributed by atoms with Crippen LogP contribution >= 0.6 is 0 Å². The summed E-state index contributed by atoms with van der Waals surface area (Å²) < 4.78 is 0. The quantitative estimate of drug-likeness (QED) is 0.592. The molecule has 0 spiro atoms. The maximum absolute atomic E-state index is 12.5. The van der Waals surface area contributed by atoms with Crippen LogP contribution in [0.3, 0.4) is 0 Å². The van der Waals surface area contributed by atoms with Gasteiger partial charge in [0.05, 0.1) is 0 Å². The summed E-state index contributed by atoms with van der Waals surface area (Å²) in [7, 11) is 1.89. The van der Waals surface area contributed by atoms with E-state index in [9.17, 15) is 14.4 Å². The maximum atomic E-state index is 12.5. The first-order chi connectivity index (χ1) is 13.8. The van der Waals surface area contributed by atoms with Crippen molar-refractivity contribution >= 4 is 23.3 Å². The van der Waals surface area contributed by atoms with Gasteiger partial charge in [-0.25, -0.2) is 9.59 Å². The van der Waals surface area contributed by atoms with Crippen molar-refractivity contribution < 1.29 is 24.6 Å². The third kappa shape index (κ3) is 9.30. The van der Waals surface area contributed by atoms with Crippen LogP contribution in [0.2, 0.25) is 0 Å². The van der Waals surface area contributed by atoms with Gasteiger partial charge in [-0.2, -0.15) is 0 Å². The summed E-state index contributed by atoms with van der Waals surface area (Å²) in [5, 5.41) is 18.8. The Morgan fingerprint density at radius 1 is 0.897 bits per heavy atom. The van der Waals surface area contributed by atoms with E-state index >= 15 is 0 Å². The van der Waals surface area contributed by atoms with Gasteiger partial charge in [-0.1, -0.05) is 67.6 Å². The molecule has 0 aromatic heterocycles. The van der Waals surface area contributed by atoms with Crippen molar-refractivity contribution in [2.45, 2.75) is 12.8 Å². The Labute approximate surface area is 170 Å². The first-order valence-electron chi connectivity index (χ1n) is 8.98. The van der Waals surface area contributed by atoms with Crippen LogP contribution in [0.4, 0.5) is 0 Å². The van der Waals surface area contributed by atoms with E-state index in [1.807, 2.05) is 74.6 Å². The predicted octanol–water partition coefficient (Wildman–Crippen LogP) is 3.37. The standard InChI is InChI=1S/C19H21NO.C4H4O4/c1-15(16-9-5-3-6-10-16)19(21)13-18(14-20-2)17-11-7-4-8-12-17;5-3(6)1-2-4(7)8/h3-13,15,20H,14H2,1-2H3;1-2H,(H,5,6)(H,7,8)/b;2-1-. The summed E-state index contributed by atoms with van der Waals surface area (Å²) in [6, 6.07) is 19.9. The number of benzene rings is 2. The molecule has 2 aromatic rings. The first kappa shape index (κ1) is 23.5. The highest BCUT2D eigenvalue weighted by molar-refractivity contribution is 6.01. The summed E-state index contributed by atoms with van der Waals surface area (Å²) in [5.74, 6) is -2.50. The van der Waals surface area contributed by atoms with Crippen LogP contribution in [0.25, 0.3) is 5.57 Å². The van der Waals surface area contributed by atoms with Gasteiger partial charge in [0.15, 0.2) is 5.78 Å². The number of rotatable bonds is 8. The van der Waals surface area contributed by atoms with E-state index in [1.165, 1.54) is 0 Å². The molecule has 2 rings (SSSR count). The minimum absolute atomic E-state index is 0.123. The van der Waals surface area contributed by atoms with Crippen molar-refractivity contribution in [2.24, 2.45) is 0 Å². The van der Waals surface area contributed by atoms with Gasteiger partial charge in [0.2, 0.25) is 0 Å². The zero-order valence-electron chi connectivity index (χ0n) is 16.4. The van der Waals surface area contributed by atoms with Crippen LogP contribution < -0.4 is 5.32 Å². The van der Waals surface area contributed by atoms with Gasteiger partial charge < -0.3 is 15.5 Å². The average Bonchev–Trinajstić information content (AvgIpc) is 2.73. The van der Waals surface area contributed by atoms with Crippen molar-refractivity contribution in [3.8, 4) is 0 Å². The Balaban J connectivity index is 0.000000447. The summed E-state index contributed by atoms with van der Waals surface area (Å²) in [5.41, 5.74) is 3.15. The maximum Gasteiger partial charge on any atom is 0.328 e. The topological polar surface area (TPSA) is 104 Å². The van der Waals surface area contributed by atoms with Gasteiger partial charge in [0, 0.05) is 24.6 Å². The van der Waals surface area contributed by atoms with Gasteiger partial charge in [0.25, 0.3) is 0 Å². The molecule has 6 nitrogen and oxygen atoms in total. The third-order valence-electron chi connectivity index (χ3n) is 3.92. The molecule has 1 unspecified atom stereocenters. The summed E-state index contributed by atoms with van der Waals surface area (Å²) in [6.07, 6.45) is 2.88. The zero-order valence-corrected chi connectivity index (χ0v) is 16.4. The summed E-state index contributed by atoms with van der Waals surface area (Å²) in [6.45, 7) is 2.63. The highest BCUT2D eigenvalue weighted by Crippen LogP contribution is 2.20. The van der Waals surface area contributed by atoms with Gasteiger partial charge in [-0.05, 0) is 29.8 Å². The molecule has 0 saturated carbocycles. The Bertz CT molecular complexity index is 841. The molecule has 3 N–H and O–H groups in total. The molecule has 0 fully saturated rings. The Morgan fingerprint density at radius 2 is 1.38 bits per heavy atom. The molecule has 0 aliphatic rings. The molecule has 1 atom stereocenters. The number of hydrogen-bond acceptors (Lipinski definition) is 4. The smallest absolute Gasteiger partial charge is 0.328 e. The number of allylic oxidation sites excluding steroid dienone is 1. The number of carbonyl (C=O) groups excluding carboxylic acids is 1. The molecular formula is C23H25NO5. The molecule has 0 aliphatic carbocycles. The van der Waals surface area contributed by atoms with E-state index in [1.54, 1.807) is 6.08 Å². The van der Waals surface area contributed by atoms with Crippen LogP contribution in [0.15, 0.2) is 78.9 Å². The van der Waals surface area contributed by atoms with E-state index in [-0.39, 0.29) is 11.7 Å². The lowest BCUT2D eigenvalue weighted by Crippen LogP contribution is -2.13. The lowest BCUT2D eigenvalue weighted by Gasteiger charge is -2.11. The number of likely N-dealkylation sites (N-methyl/N-ethyl adjacent to an activating group) is 1. The number of aliphatic carboxylic acids is 2. The second kappa shape index (κ2) is 12.8. The number of ketones is 1. The fourth-order valence-electron chi connectivity index (χ4n) is 2.42. The van der Waals surface area contributed by atoms with Crippen molar-refractivity contribution in [3.63, 3.8) is 0 Å². The van der Waals surface area contributed by atoms with E-state index < -0.39 is 11.9 Å². The number of hydrogen-bond donors (Lipinski definition) is 3. The molecule has 29 heavy (non-hydrogen) atoms. The number of nitrogens with one attached hydrogen (secondary N) is 1. The molecule has 152 valence electrons. The molecule has 0 amide bonds. The van der Waals surface area contributed by atoms with E-state index in [0.717, 1.165) is 16.7 Å². The predicted molar refractivity (Wildman–Crippen MR) is 113 cm³/mol. The average molecular weight is 395 g/mol. The Hall–Kier alpha value is -3.51. The van der Waals surface area contributed by atoms with Crippen LogP contribution in [-0.2, 0) is 14.4 Å². The van der Waals surface area contributed by atoms with Gasteiger partial charge in [-0.3, -0.25) is 4.79 Å². The van der Waals surface area contributed by atoms with E-state index in [0.29, 0.717) is 18.7 Å². The van der Waals surface area contributed by atoms with Crippen molar-refractivity contribution in [1.82, 2.24) is 5.32 Å². The van der Waals surface area contributed by atoms with Crippen LogP contribution in [0.5, 0.6) is 0 Å². The highest BCUT2D eigenvalue weighted by atomic mass is 16.4. The van der Waals surface area contributed by atoms with Crippen molar-refractivity contribution in [2.75, 3.05) is 13.6 Å². The minimum Gasteiger partial charge on any atom is -0.478 e. The zero-order chi connectivity index (χ0) is 21.6. The molecule has 2 aromatic carbocycles.